The largest absolute Gasteiger partial charge is 0.497 e. The Kier molecular flexibility index (Phi) is 5.31. The van der Waals surface area contributed by atoms with Gasteiger partial charge in [-0.2, -0.15) is 4.98 Å². The first-order valence-corrected chi connectivity index (χ1v) is 8.98. The number of hydrogen-bond acceptors (Lipinski definition) is 5. The molecule has 0 spiro atoms. The van der Waals surface area contributed by atoms with Crippen LogP contribution in [-0.4, -0.2) is 17.1 Å². The van der Waals surface area contributed by atoms with Gasteiger partial charge >= 0.3 is 0 Å². The van der Waals surface area contributed by atoms with Gasteiger partial charge in [0.2, 0.25) is 5.95 Å². The van der Waals surface area contributed by atoms with Gasteiger partial charge in [-0.1, -0.05) is 32.9 Å². The molecule has 27 heavy (non-hydrogen) atoms. The number of aromatic nitrogens is 2. The second kappa shape index (κ2) is 7.66. The van der Waals surface area contributed by atoms with E-state index in [-0.39, 0.29) is 5.41 Å². The Morgan fingerprint density at radius 3 is 2.00 bits per heavy atom. The Morgan fingerprint density at radius 1 is 0.815 bits per heavy atom. The molecule has 0 saturated heterocycles. The minimum atomic E-state index is 0.138. The lowest BCUT2D eigenvalue weighted by Crippen LogP contribution is -2.10. The Labute approximate surface area is 160 Å². The molecule has 0 atom stereocenters. The van der Waals surface area contributed by atoms with Gasteiger partial charge in [-0.05, 0) is 54.3 Å². The Morgan fingerprint density at radius 2 is 1.41 bits per heavy atom. The SMILES string of the molecule is COc1ccc(Nc2nc(C)cc(Nc3ccc(C(C)(C)C)cc3)n2)cc1. The van der Waals surface area contributed by atoms with E-state index in [1.165, 1.54) is 5.56 Å². The van der Waals surface area contributed by atoms with Crippen LogP contribution in [0.4, 0.5) is 23.1 Å². The van der Waals surface area contributed by atoms with Crippen molar-refractivity contribution in [1.29, 1.82) is 0 Å². The maximum Gasteiger partial charge on any atom is 0.229 e. The van der Waals surface area contributed by atoms with Crippen LogP contribution in [0.3, 0.4) is 0 Å². The summed E-state index contributed by atoms with van der Waals surface area (Å²) in [6, 6.07) is 18.0. The van der Waals surface area contributed by atoms with Crippen molar-refractivity contribution in [1.82, 2.24) is 9.97 Å². The van der Waals surface area contributed by atoms with Gasteiger partial charge in [0.05, 0.1) is 7.11 Å². The Balaban J connectivity index is 1.76. The molecule has 5 heteroatoms. The zero-order valence-corrected chi connectivity index (χ0v) is 16.5. The molecule has 0 bridgehead atoms. The molecular formula is C22H26N4O. The molecule has 2 N–H and O–H groups in total. The molecule has 0 fully saturated rings. The summed E-state index contributed by atoms with van der Waals surface area (Å²) in [6.07, 6.45) is 0. The van der Waals surface area contributed by atoms with Crippen LogP contribution in [0.2, 0.25) is 0 Å². The molecule has 0 radical (unpaired) electrons. The third-order valence-electron chi connectivity index (χ3n) is 4.22. The highest BCUT2D eigenvalue weighted by atomic mass is 16.5. The zero-order valence-electron chi connectivity index (χ0n) is 16.5. The number of ether oxygens (including phenoxy) is 1. The molecule has 140 valence electrons. The second-order valence-corrected chi connectivity index (χ2v) is 7.52. The first-order chi connectivity index (χ1) is 12.8. The summed E-state index contributed by atoms with van der Waals surface area (Å²) in [5, 5.41) is 6.59. The fourth-order valence-electron chi connectivity index (χ4n) is 2.69. The van der Waals surface area contributed by atoms with E-state index < -0.39 is 0 Å². The smallest absolute Gasteiger partial charge is 0.229 e. The summed E-state index contributed by atoms with van der Waals surface area (Å²) >= 11 is 0. The van der Waals surface area contributed by atoms with E-state index in [1.54, 1.807) is 7.11 Å². The summed E-state index contributed by atoms with van der Waals surface area (Å²) in [5.41, 5.74) is 4.22. The van der Waals surface area contributed by atoms with E-state index in [4.69, 9.17) is 4.74 Å². The van der Waals surface area contributed by atoms with Gasteiger partial charge in [-0.25, -0.2) is 4.98 Å². The van der Waals surface area contributed by atoms with Crippen molar-refractivity contribution in [2.24, 2.45) is 0 Å². The van der Waals surface area contributed by atoms with Gasteiger partial charge in [0.15, 0.2) is 0 Å². The van der Waals surface area contributed by atoms with Gasteiger partial charge in [0.25, 0.3) is 0 Å². The van der Waals surface area contributed by atoms with Crippen molar-refractivity contribution in [3.63, 3.8) is 0 Å². The Bertz CT molecular complexity index is 897. The van der Waals surface area contributed by atoms with Crippen LogP contribution in [0.5, 0.6) is 5.75 Å². The number of benzene rings is 2. The van der Waals surface area contributed by atoms with Crippen LogP contribution in [-0.2, 0) is 5.41 Å². The van der Waals surface area contributed by atoms with Crippen LogP contribution < -0.4 is 15.4 Å². The van der Waals surface area contributed by atoms with Gasteiger partial charge in [-0.3, -0.25) is 0 Å². The molecule has 2 aromatic carbocycles. The lowest BCUT2D eigenvalue weighted by Gasteiger charge is -2.19. The van der Waals surface area contributed by atoms with E-state index in [1.807, 2.05) is 37.3 Å². The molecular weight excluding hydrogens is 336 g/mol. The quantitative estimate of drug-likeness (QED) is 0.620. The van der Waals surface area contributed by atoms with Crippen molar-refractivity contribution < 1.29 is 4.74 Å². The average molecular weight is 362 g/mol. The number of hydrogen-bond donors (Lipinski definition) is 2. The molecule has 3 rings (SSSR count). The minimum Gasteiger partial charge on any atom is -0.497 e. The standard InChI is InChI=1S/C22H26N4O/c1-15-14-20(24-17-8-6-16(7-9-17)22(2,3)4)26-21(23-15)25-18-10-12-19(27-5)13-11-18/h6-14H,1-5H3,(H2,23,24,25,26). The maximum atomic E-state index is 5.18. The molecule has 3 aromatic rings. The van der Waals surface area contributed by atoms with E-state index in [2.05, 4.69) is 65.6 Å². The van der Waals surface area contributed by atoms with Gasteiger partial charge in [-0.15, -0.1) is 0 Å². The molecule has 0 amide bonds. The van der Waals surface area contributed by atoms with Gasteiger partial charge < -0.3 is 15.4 Å². The first-order valence-electron chi connectivity index (χ1n) is 8.98. The highest BCUT2D eigenvalue weighted by Gasteiger charge is 2.13. The third-order valence-corrected chi connectivity index (χ3v) is 4.22. The second-order valence-electron chi connectivity index (χ2n) is 7.52. The predicted molar refractivity (Wildman–Crippen MR) is 111 cm³/mol. The van der Waals surface area contributed by atoms with E-state index in [0.717, 1.165) is 28.6 Å². The van der Waals surface area contributed by atoms with E-state index >= 15 is 0 Å². The summed E-state index contributed by atoms with van der Waals surface area (Å²) < 4.78 is 5.18. The van der Waals surface area contributed by atoms with Crippen molar-refractivity contribution >= 4 is 23.1 Å². The molecule has 0 aliphatic rings. The highest BCUT2D eigenvalue weighted by molar-refractivity contribution is 5.61. The fourth-order valence-corrected chi connectivity index (χ4v) is 2.69. The topological polar surface area (TPSA) is 59.1 Å². The minimum absolute atomic E-state index is 0.138. The van der Waals surface area contributed by atoms with Crippen molar-refractivity contribution in [2.45, 2.75) is 33.1 Å². The number of methoxy groups -OCH3 is 1. The van der Waals surface area contributed by atoms with Gasteiger partial charge in [0, 0.05) is 23.1 Å². The molecule has 1 heterocycles. The van der Waals surface area contributed by atoms with Crippen LogP contribution in [0.25, 0.3) is 0 Å². The molecule has 0 aliphatic heterocycles. The third kappa shape index (κ3) is 4.97. The predicted octanol–water partition coefficient (Wildman–Crippen LogP) is 5.58. The van der Waals surface area contributed by atoms with E-state index in [0.29, 0.717) is 5.95 Å². The lowest BCUT2D eigenvalue weighted by molar-refractivity contribution is 0.415. The van der Waals surface area contributed by atoms with Gasteiger partial charge in [0.1, 0.15) is 11.6 Å². The maximum absolute atomic E-state index is 5.18. The fraction of sp³-hybridized carbons (Fsp3) is 0.273. The number of rotatable bonds is 5. The molecule has 0 saturated carbocycles. The molecule has 0 unspecified atom stereocenters. The summed E-state index contributed by atoms with van der Waals surface area (Å²) in [4.78, 5) is 9.04. The summed E-state index contributed by atoms with van der Waals surface area (Å²) in [7, 11) is 1.65. The van der Waals surface area contributed by atoms with Crippen molar-refractivity contribution in [3.05, 3.63) is 65.9 Å². The van der Waals surface area contributed by atoms with Crippen LogP contribution in [0, 0.1) is 6.92 Å². The van der Waals surface area contributed by atoms with Crippen molar-refractivity contribution in [2.75, 3.05) is 17.7 Å². The Hall–Kier alpha value is -3.08. The molecule has 5 nitrogen and oxygen atoms in total. The van der Waals surface area contributed by atoms with Crippen LogP contribution >= 0.6 is 0 Å². The number of nitrogens with one attached hydrogen (secondary N) is 2. The van der Waals surface area contributed by atoms with Crippen LogP contribution in [0.15, 0.2) is 54.6 Å². The monoisotopic (exact) mass is 362 g/mol. The number of nitrogens with zero attached hydrogens (tertiary/aromatic N) is 2. The van der Waals surface area contributed by atoms with Crippen LogP contribution in [0.1, 0.15) is 32.0 Å². The summed E-state index contributed by atoms with van der Waals surface area (Å²) in [5.74, 6) is 2.11. The molecule has 1 aromatic heterocycles. The normalized spacial score (nSPS) is 11.1. The average Bonchev–Trinajstić information content (AvgIpc) is 2.61. The summed E-state index contributed by atoms with van der Waals surface area (Å²) in [6.45, 7) is 8.58. The lowest BCUT2D eigenvalue weighted by atomic mass is 9.87. The van der Waals surface area contributed by atoms with Crippen molar-refractivity contribution in [3.8, 4) is 5.75 Å². The number of anilines is 4. The number of aryl methyl sites for hydroxylation is 1. The van der Waals surface area contributed by atoms with E-state index in [9.17, 15) is 0 Å². The zero-order chi connectivity index (χ0) is 19.4. The molecule has 0 aliphatic carbocycles. The highest BCUT2D eigenvalue weighted by Crippen LogP contribution is 2.25. The first kappa shape index (κ1) is 18.7.